The van der Waals surface area contributed by atoms with Crippen molar-refractivity contribution in [2.75, 3.05) is 0 Å². The molecule has 1 saturated heterocycles. The van der Waals surface area contributed by atoms with Crippen molar-refractivity contribution in [2.24, 2.45) is 5.41 Å². The maximum Gasteiger partial charge on any atom is 0.325 e. The second-order valence-electron chi connectivity index (χ2n) is 7.14. The minimum Gasteiger partial charge on any atom is -0.323 e. The van der Waals surface area contributed by atoms with Crippen molar-refractivity contribution in [2.45, 2.75) is 39.8 Å². The summed E-state index contributed by atoms with van der Waals surface area (Å²) in [6.45, 7) is 7.59. The lowest BCUT2D eigenvalue weighted by atomic mass is 9.75. The van der Waals surface area contributed by atoms with Crippen molar-refractivity contribution < 1.29 is 9.59 Å². The molecule has 1 atom stereocenters. The number of carbonyl (C=O) groups is 2. The average Bonchev–Trinajstić information content (AvgIpc) is 3.07. The van der Waals surface area contributed by atoms with E-state index in [1.165, 1.54) is 4.90 Å². The van der Waals surface area contributed by atoms with Crippen LogP contribution in [0.25, 0.3) is 5.69 Å². The Kier molecular flexibility index (Phi) is 3.66. The van der Waals surface area contributed by atoms with E-state index in [9.17, 15) is 9.59 Å². The van der Waals surface area contributed by atoms with Crippen LogP contribution in [0.2, 0.25) is 0 Å². The van der Waals surface area contributed by atoms with Gasteiger partial charge in [-0.15, -0.1) is 5.10 Å². The molecule has 1 fully saturated rings. The molecule has 0 saturated carbocycles. The van der Waals surface area contributed by atoms with Gasteiger partial charge < -0.3 is 5.32 Å². The fraction of sp³-hybridized carbons (Fsp3) is 0.412. The first-order chi connectivity index (χ1) is 11.2. The Morgan fingerprint density at radius 2 is 1.83 bits per heavy atom. The number of nitrogens with one attached hydrogen (secondary N) is 1. The number of para-hydroxylation sites is 1. The van der Waals surface area contributed by atoms with Crippen LogP contribution in [0.5, 0.6) is 0 Å². The SMILES string of the molecule is CC(C)(C)C1(C)NC(=O)N(Cc2ncn(-c3ccccc3)n2)C1=O. The molecule has 24 heavy (non-hydrogen) atoms. The summed E-state index contributed by atoms with van der Waals surface area (Å²) in [7, 11) is 0. The fourth-order valence-corrected chi connectivity index (χ4v) is 2.57. The Morgan fingerprint density at radius 3 is 2.42 bits per heavy atom. The predicted molar refractivity (Wildman–Crippen MR) is 88.3 cm³/mol. The molecule has 1 aliphatic heterocycles. The molecule has 2 heterocycles. The van der Waals surface area contributed by atoms with Crippen molar-refractivity contribution >= 4 is 11.9 Å². The molecule has 1 unspecified atom stereocenters. The number of urea groups is 1. The van der Waals surface area contributed by atoms with Crippen LogP contribution in [-0.2, 0) is 11.3 Å². The van der Waals surface area contributed by atoms with Gasteiger partial charge in [0.05, 0.1) is 12.2 Å². The highest BCUT2D eigenvalue weighted by molar-refractivity contribution is 6.07. The van der Waals surface area contributed by atoms with Gasteiger partial charge >= 0.3 is 6.03 Å². The standard InChI is InChI=1S/C17H21N5O2/c1-16(2,3)17(4)14(23)21(15(24)19-17)10-13-18-11-22(20-13)12-8-6-5-7-9-12/h5-9,11H,10H2,1-4H3,(H,19,24). The van der Waals surface area contributed by atoms with E-state index < -0.39 is 17.0 Å². The summed E-state index contributed by atoms with van der Waals surface area (Å²) in [5, 5.41) is 7.16. The summed E-state index contributed by atoms with van der Waals surface area (Å²) in [5.41, 5.74) is -0.467. The number of amides is 3. The Bertz CT molecular complexity index is 778. The maximum atomic E-state index is 12.7. The van der Waals surface area contributed by atoms with Crippen molar-refractivity contribution in [3.8, 4) is 5.69 Å². The number of rotatable bonds is 3. The molecule has 1 N–H and O–H groups in total. The summed E-state index contributed by atoms with van der Waals surface area (Å²) < 4.78 is 1.62. The van der Waals surface area contributed by atoms with Crippen LogP contribution in [0.15, 0.2) is 36.7 Å². The highest BCUT2D eigenvalue weighted by atomic mass is 16.2. The van der Waals surface area contributed by atoms with Gasteiger partial charge in [-0.3, -0.25) is 9.69 Å². The topological polar surface area (TPSA) is 80.1 Å². The highest BCUT2D eigenvalue weighted by Crippen LogP contribution is 2.35. The molecule has 7 nitrogen and oxygen atoms in total. The molecule has 1 aliphatic rings. The predicted octanol–water partition coefficient (Wildman–Crippen LogP) is 2.12. The summed E-state index contributed by atoms with van der Waals surface area (Å²) in [5.74, 6) is 0.163. The number of benzene rings is 1. The van der Waals surface area contributed by atoms with Gasteiger partial charge in [0, 0.05) is 0 Å². The lowest BCUT2D eigenvalue weighted by Gasteiger charge is -2.35. The Labute approximate surface area is 140 Å². The van der Waals surface area contributed by atoms with E-state index in [4.69, 9.17) is 0 Å². The van der Waals surface area contributed by atoms with Crippen molar-refractivity contribution in [3.05, 3.63) is 42.5 Å². The Hall–Kier alpha value is -2.70. The number of carbonyl (C=O) groups excluding carboxylic acids is 2. The molecule has 1 aromatic carbocycles. The number of hydrogen-bond donors (Lipinski definition) is 1. The van der Waals surface area contributed by atoms with E-state index in [-0.39, 0.29) is 12.5 Å². The van der Waals surface area contributed by atoms with Crippen LogP contribution in [0, 0.1) is 5.41 Å². The first kappa shape index (κ1) is 16.2. The van der Waals surface area contributed by atoms with E-state index >= 15 is 0 Å². The molecular weight excluding hydrogens is 306 g/mol. The lowest BCUT2D eigenvalue weighted by Crippen LogP contribution is -2.54. The van der Waals surface area contributed by atoms with Gasteiger partial charge in [0.25, 0.3) is 5.91 Å². The van der Waals surface area contributed by atoms with Crippen molar-refractivity contribution in [3.63, 3.8) is 0 Å². The minimum atomic E-state index is -0.938. The maximum absolute atomic E-state index is 12.7. The van der Waals surface area contributed by atoms with Gasteiger partial charge in [0.15, 0.2) is 5.82 Å². The van der Waals surface area contributed by atoms with E-state index in [0.717, 1.165) is 5.69 Å². The zero-order chi connectivity index (χ0) is 17.5. The molecule has 3 rings (SSSR count). The first-order valence-corrected chi connectivity index (χ1v) is 7.82. The molecule has 7 heteroatoms. The molecule has 0 spiro atoms. The van der Waals surface area contributed by atoms with Gasteiger partial charge in [-0.25, -0.2) is 14.5 Å². The number of aromatic nitrogens is 3. The smallest absolute Gasteiger partial charge is 0.323 e. The van der Waals surface area contributed by atoms with Crippen LogP contribution in [-0.4, -0.2) is 37.1 Å². The van der Waals surface area contributed by atoms with Gasteiger partial charge in [0.1, 0.15) is 11.9 Å². The Morgan fingerprint density at radius 1 is 1.17 bits per heavy atom. The molecule has 1 aromatic heterocycles. The molecule has 2 aromatic rings. The first-order valence-electron chi connectivity index (χ1n) is 7.82. The van der Waals surface area contributed by atoms with Crippen LogP contribution in [0.3, 0.4) is 0 Å². The zero-order valence-electron chi connectivity index (χ0n) is 14.3. The molecule has 3 amide bonds. The third-order valence-electron chi connectivity index (χ3n) is 4.63. The van der Waals surface area contributed by atoms with Gasteiger partial charge in [0.2, 0.25) is 0 Å². The highest BCUT2D eigenvalue weighted by Gasteiger charge is 2.54. The van der Waals surface area contributed by atoms with E-state index in [1.54, 1.807) is 17.9 Å². The summed E-state index contributed by atoms with van der Waals surface area (Å²) in [6.07, 6.45) is 1.58. The van der Waals surface area contributed by atoms with E-state index in [2.05, 4.69) is 15.4 Å². The normalized spacial score (nSPS) is 21.2. The van der Waals surface area contributed by atoms with Crippen molar-refractivity contribution in [1.29, 1.82) is 0 Å². The van der Waals surface area contributed by atoms with E-state index in [1.807, 2.05) is 51.1 Å². The van der Waals surface area contributed by atoms with Gasteiger partial charge in [-0.05, 0) is 24.5 Å². The largest absolute Gasteiger partial charge is 0.325 e. The van der Waals surface area contributed by atoms with Crippen LogP contribution >= 0.6 is 0 Å². The number of nitrogens with zero attached hydrogens (tertiary/aromatic N) is 4. The van der Waals surface area contributed by atoms with Crippen LogP contribution < -0.4 is 5.32 Å². The zero-order valence-corrected chi connectivity index (χ0v) is 14.3. The quantitative estimate of drug-likeness (QED) is 0.876. The minimum absolute atomic E-state index is 0.0518. The van der Waals surface area contributed by atoms with Crippen LogP contribution in [0.1, 0.15) is 33.5 Å². The van der Waals surface area contributed by atoms with Crippen LogP contribution in [0.4, 0.5) is 4.79 Å². The fourth-order valence-electron chi connectivity index (χ4n) is 2.57. The van der Waals surface area contributed by atoms with Gasteiger partial charge in [-0.2, -0.15) is 0 Å². The molecule has 0 bridgehead atoms. The molecule has 0 radical (unpaired) electrons. The Balaban J connectivity index is 1.81. The third kappa shape index (κ3) is 2.55. The molecular formula is C17H21N5O2. The summed E-state index contributed by atoms with van der Waals surface area (Å²) in [4.78, 5) is 30.4. The lowest BCUT2D eigenvalue weighted by molar-refractivity contribution is -0.134. The van der Waals surface area contributed by atoms with Gasteiger partial charge in [-0.1, -0.05) is 39.0 Å². The summed E-state index contributed by atoms with van der Waals surface area (Å²) >= 11 is 0. The second kappa shape index (κ2) is 5.43. The number of imide groups is 1. The summed E-state index contributed by atoms with van der Waals surface area (Å²) in [6, 6.07) is 9.13. The number of hydrogen-bond acceptors (Lipinski definition) is 4. The van der Waals surface area contributed by atoms with Crippen molar-refractivity contribution in [1.82, 2.24) is 25.0 Å². The molecule has 0 aliphatic carbocycles. The second-order valence-corrected chi connectivity index (χ2v) is 7.14. The average molecular weight is 327 g/mol. The molecule has 126 valence electrons. The van der Waals surface area contributed by atoms with E-state index in [0.29, 0.717) is 5.82 Å². The third-order valence-corrected chi connectivity index (χ3v) is 4.63. The monoisotopic (exact) mass is 327 g/mol.